The van der Waals surface area contributed by atoms with Crippen LogP contribution >= 0.6 is 0 Å². The predicted octanol–water partition coefficient (Wildman–Crippen LogP) is 1.32. The van der Waals surface area contributed by atoms with Crippen molar-refractivity contribution in [2.24, 2.45) is 0 Å². The van der Waals surface area contributed by atoms with E-state index in [1.807, 2.05) is 45.2 Å². The standard InChI is InChI=1S/C17H27N3O3S/c1-4-20(16-7-5-6-15(2)14-16)17(21)8-13-24(22,23)19-11-9-18(3)10-12-19/h5-7,14H,4,8-13H2,1-3H3. The zero-order chi connectivity index (χ0) is 17.7. The van der Waals surface area contributed by atoms with Gasteiger partial charge in [0.15, 0.2) is 0 Å². The highest BCUT2D eigenvalue weighted by Gasteiger charge is 2.27. The lowest BCUT2D eigenvalue weighted by molar-refractivity contribution is -0.118. The van der Waals surface area contributed by atoms with Gasteiger partial charge in [-0.3, -0.25) is 4.79 Å². The molecule has 6 nitrogen and oxygen atoms in total. The van der Waals surface area contributed by atoms with Gasteiger partial charge in [0.2, 0.25) is 15.9 Å². The van der Waals surface area contributed by atoms with Crippen molar-refractivity contribution in [3.05, 3.63) is 29.8 Å². The summed E-state index contributed by atoms with van der Waals surface area (Å²) in [5, 5.41) is 0. The van der Waals surface area contributed by atoms with Gasteiger partial charge in [-0.25, -0.2) is 8.42 Å². The quantitative estimate of drug-likeness (QED) is 0.774. The number of benzene rings is 1. The van der Waals surface area contributed by atoms with Crippen LogP contribution in [-0.2, 0) is 14.8 Å². The van der Waals surface area contributed by atoms with Crippen LogP contribution in [0.3, 0.4) is 0 Å². The molecule has 1 heterocycles. The number of piperazine rings is 1. The first-order valence-electron chi connectivity index (χ1n) is 8.37. The van der Waals surface area contributed by atoms with Crippen LogP contribution in [0.2, 0.25) is 0 Å². The number of aryl methyl sites for hydroxylation is 1. The van der Waals surface area contributed by atoms with Crippen molar-refractivity contribution < 1.29 is 13.2 Å². The third-order valence-electron chi connectivity index (χ3n) is 4.36. The summed E-state index contributed by atoms with van der Waals surface area (Å²) in [5.41, 5.74) is 1.89. The highest BCUT2D eigenvalue weighted by Crippen LogP contribution is 2.17. The number of hydrogen-bond acceptors (Lipinski definition) is 4. The van der Waals surface area contributed by atoms with Crippen molar-refractivity contribution in [3.63, 3.8) is 0 Å². The Morgan fingerprint density at radius 2 is 1.88 bits per heavy atom. The Morgan fingerprint density at radius 1 is 1.21 bits per heavy atom. The topological polar surface area (TPSA) is 60.9 Å². The Morgan fingerprint density at radius 3 is 2.46 bits per heavy atom. The summed E-state index contributed by atoms with van der Waals surface area (Å²) < 4.78 is 26.4. The van der Waals surface area contributed by atoms with E-state index in [9.17, 15) is 13.2 Å². The molecule has 134 valence electrons. The maximum absolute atomic E-state index is 12.5. The minimum absolute atomic E-state index is 0.0104. The number of rotatable bonds is 6. The summed E-state index contributed by atoms with van der Waals surface area (Å²) in [7, 11) is -1.39. The van der Waals surface area contributed by atoms with E-state index in [0.717, 1.165) is 24.3 Å². The molecule has 0 unspecified atom stereocenters. The largest absolute Gasteiger partial charge is 0.313 e. The maximum Gasteiger partial charge on any atom is 0.228 e. The van der Waals surface area contributed by atoms with E-state index in [-0.39, 0.29) is 18.1 Å². The molecule has 0 saturated carbocycles. The molecule has 1 fully saturated rings. The van der Waals surface area contributed by atoms with Crippen LogP contribution in [-0.4, -0.2) is 69.1 Å². The number of nitrogens with zero attached hydrogens (tertiary/aromatic N) is 3. The second-order valence-corrected chi connectivity index (χ2v) is 8.33. The van der Waals surface area contributed by atoms with Gasteiger partial charge < -0.3 is 9.80 Å². The van der Waals surface area contributed by atoms with E-state index in [1.165, 1.54) is 4.31 Å². The molecule has 0 aliphatic carbocycles. The first kappa shape index (κ1) is 18.9. The van der Waals surface area contributed by atoms with Crippen LogP contribution in [0.15, 0.2) is 24.3 Å². The number of sulfonamides is 1. The van der Waals surface area contributed by atoms with Gasteiger partial charge >= 0.3 is 0 Å². The van der Waals surface area contributed by atoms with Gasteiger partial charge in [-0.15, -0.1) is 0 Å². The van der Waals surface area contributed by atoms with Gasteiger partial charge in [0.25, 0.3) is 0 Å². The molecule has 1 aromatic rings. The lowest BCUT2D eigenvalue weighted by Crippen LogP contribution is -2.48. The summed E-state index contributed by atoms with van der Waals surface area (Å²) in [5.74, 6) is -0.279. The third kappa shape index (κ3) is 4.78. The van der Waals surface area contributed by atoms with Crippen LogP contribution in [0.5, 0.6) is 0 Å². The van der Waals surface area contributed by atoms with Crippen molar-refractivity contribution in [2.45, 2.75) is 20.3 Å². The SMILES string of the molecule is CCN(C(=O)CCS(=O)(=O)N1CCN(C)CC1)c1cccc(C)c1. The molecule has 0 N–H and O–H groups in total. The Balaban J connectivity index is 1.98. The Bertz CT molecular complexity index is 667. The van der Waals surface area contributed by atoms with Crippen LogP contribution in [0.1, 0.15) is 18.9 Å². The average Bonchev–Trinajstić information content (AvgIpc) is 2.54. The predicted molar refractivity (Wildman–Crippen MR) is 96.7 cm³/mol. The molecular formula is C17H27N3O3S. The molecule has 0 bridgehead atoms. The molecule has 1 aliphatic heterocycles. The van der Waals surface area contributed by atoms with E-state index in [2.05, 4.69) is 4.90 Å². The molecule has 1 amide bonds. The number of amides is 1. The van der Waals surface area contributed by atoms with Crippen molar-refractivity contribution >= 4 is 21.6 Å². The second-order valence-electron chi connectivity index (χ2n) is 6.25. The van der Waals surface area contributed by atoms with Gasteiger partial charge in [0, 0.05) is 44.8 Å². The summed E-state index contributed by atoms with van der Waals surface area (Å²) in [4.78, 5) is 16.3. The molecular weight excluding hydrogens is 326 g/mol. The van der Waals surface area contributed by atoms with Crippen LogP contribution in [0.4, 0.5) is 5.69 Å². The number of anilines is 1. The van der Waals surface area contributed by atoms with Crippen LogP contribution < -0.4 is 4.90 Å². The monoisotopic (exact) mass is 353 g/mol. The van der Waals surface area contributed by atoms with E-state index in [0.29, 0.717) is 19.6 Å². The molecule has 1 aliphatic rings. The summed E-state index contributed by atoms with van der Waals surface area (Å²) >= 11 is 0. The highest BCUT2D eigenvalue weighted by atomic mass is 32.2. The Kier molecular flexibility index (Phi) is 6.37. The van der Waals surface area contributed by atoms with E-state index >= 15 is 0 Å². The first-order chi connectivity index (χ1) is 11.3. The first-order valence-corrected chi connectivity index (χ1v) is 9.98. The average molecular weight is 353 g/mol. The third-order valence-corrected chi connectivity index (χ3v) is 6.23. The molecule has 2 rings (SSSR count). The number of carbonyl (C=O) groups excluding carboxylic acids is 1. The van der Waals surface area contributed by atoms with Gasteiger partial charge in [-0.2, -0.15) is 4.31 Å². The van der Waals surface area contributed by atoms with Gasteiger partial charge in [-0.05, 0) is 38.6 Å². The summed E-state index contributed by atoms with van der Waals surface area (Å²) in [6.07, 6.45) is 0.0104. The second kappa shape index (κ2) is 8.09. The molecule has 0 radical (unpaired) electrons. The van der Waals surface area contributed by atoms with Crippen molar-refractivity contribution in [3.8, 4) is 0 Å². The Labute approximate surface area is 145 Å². The fraction of sp³-hybridized carbons (Fsp3) is 0.588. The highest BCUT2D eigenvalue weighted by molar-refractivity contribution is 7.89. The minimum Gasteiger partial charge on any atom is -0.313 e. The Hall–Kier alpha value is -1.44. The lowest BCUT2D eigenvalue weighted by atomic mass is 10.2. The van der Waals surface area contributed by atoms with E-state index in [1.54, 1.807) is 4.90 Å². The molecule has 24 heavy (non-hydrogen) atoms. The zero-order valence-corrected chi connectivity index (χ0v) is 15.6. The number of hydrogen-bond donors (Lipinski definition) is 0. The van der Waals surface area contributed by atoms with Gasteiger partial charge in [0.1, 0.15) is 0 Å². The van der Waals surface area contributed by atoms with Crippen LogP contribution in [0.25, 0.3) is 0 Å². The maximum atomic E-state index is 12.5. The summed E-state index contributed by atoms with van der Waals surface area (Å²) in [6, 6.07) is 7.70. The molecule has 1 aromatic carbocycles. The molecule has 1 saturated heterocycles. The fourth-order valence-electron chi connectivity index (χ4n) is 2.85. The zero-order valence-electron chi connectivity index (χ0n) is 14.7. The summed E-state index contributed by atoms with van der Waals surface area (Å²) in [6.45, 7) is 6.87. The minimum atomic E-state index is -3.37. The lowest BCUT2D eigenvalue weighted by Gasteiger charge is -2.31. The van der Waals surface area contributed by atoms with Crippen molar-refractivity contribution in [1.82, 2.24) is 9.21 Å². The normalized spacial score (nSPS) is 17.0. The molecule has 0 spiro atoms. The fourth-order valence-corrected chi connectivity index (χ4v) is 4.26. The number of carbonyl (C=O) groups is 1. The van der Waals surface area contributed by atoms with Crippen LogP contribution in [0, 0.1) is 6.92 Å². The van der Waals surface area contributed by atoms with E-state index in [4.69, 9.17) is 0 Å². The molecule has 7 heteroatoms. The van der Waals surface area contributed by atoms with Crippen molar-refractivity contribution in [1.29, 1.82) is 0 Å². The van der Waals surface area contributed by atoms with Gasteiger partial charge in [-0.1, -0.05) is 12.1 Å². The smallest absolute Gasteiger partial charge is 0.228 e. The van der Waals surface area contributed by atoms with Gasteiger partial charge in [0.05, 0.1) is 5.75 Å². The number of likely N-dealkylation sites (N-methyl/N-ethyl adjacent to an activating group) is 1. The molecule has 0 aromatic heterocycles. The van der Waals surface area contributed by atoms with E-state index < -0.39 is 10.0 Å². The van der Waals surface area contributed by atoms with Crippen molar-refractivity contribution in [2.75, 3.05) is 50.4 Å². The molecule has 0 atom stereocenters.